The standard InChI is InChI=1S/C14H12F3N3O2/c15-14(16,17)10-3-1-2-8(6-10)12-19-18-11-7-9(13(21)22)4-5-20(11)12/h1-3,6,9H,4-5,7H2,(H,21,22). The summed E-state index contributed by atoms with van der Waals surface area (Å²) in [7, 11) is 0. The minimum absolute atomic E-state index is 0.237. The molecule has 2 aromatic rings. The summed E-state index contributed by atoms with van der Waals surface area (Å²) >= 11 is 0. The summed E-state index contributed by atoms with van der Waals surface area (Å²) in [6, 6.07) is 4.89. The lowest BCUT2D eigenvalue weighted by molar-refractivity contribution is -0.142. The molecule has 0 spiro atoms. The smallest absolute Gasteiger partial charge is 0.416 e. The topological polar surface area (TPSA) is 68.0 Å². The van der Waals surface area contributed by atoms with Gasteiger partial charge in [0.1, 0.15) is 5.82 Å². The molecule has 0 amide bonds. The van der Waals surface area contributed by atoms with Crippen LogP contribution in [-0.4, -0.2) is 25.8 Å². The molecule has 3 rings (SSSR count). The summed E-state index contributed by atoms with van der Waals surface area (Å²) < 4.78 is 40.0. The van der Waals surface area contributed by atoms with Crippen molar-refractivity contribution in [2.75, 3.05) is 0 Å². The van der Waals surface area contributed by atoms with Gasteiger partial charge in [-0.05, 0) is 18.6 Å². The van der Waals surface area contributed by atoms with Crippen LogP contribution in [-0.2, 0) is 23.9 Å². The van der Waals surface area contributed by atoms with Crippen molar-refractivity contribution in [1.29, 1.82) is 0 Å². The molecule has 0 saturated carbocycles. The Morgan fingerprint density at radius 2 is 2.09 bits per heavy atom. The summed E-state index contributed by atoms with van der Waals surface area (Å²) in [5.74, 6) is -0.586. The van der Waals surface area contributed by atoms with E-state index in [1.807, 2.05) is 0 Å². The number of alkyl halides is 3. The molecule has 8 heteroatoms. The normalized spacial score (nSPS) is 18.0. The fraction of sp³-hybridized carbons (Fsp3) is 0.357. The monoisotopic (exact) mass is 311 g/mol. The number of carboxylic acids is 1. The zero-order chi connectivity index (χ0) is 15.9. The molecule has 116 valence electrons. The van der Waals surface area contributed by atoms with Crippen LogP contribution in [0.25, 0.3) is 11.4 Å². The van der Waals surface area contributed by atoms with E-state index < -0.39 is 23.6 Å². The van der Waals surface area contributed by atoms with Crippen LogP contribution in [0.2, 0.25) is 0 Å². The minimum Gasteiger partial charge on any atom is -0.481 e. The Balaban J connectivity index is 1.97. The number of aliphatic carboxylic acids is 1. The number of carboxylic acid groups (broad SMARTS) is 1. The number of hydrogen-bond donors (Lipinski definition) is 1. The fourth-order valence-electron chi connectivity index (χ4n) is 2.59. The van der Waals surface area contributed by atoms with Crippen LogP contribution in [0.3, 0.4) is 0 Å². The van der Waals surface area contributed by atoms with E-state index in [1.54, 1.807) is 4.57 Å². The van der Waals surface area contributed by atoms with Crippen molar-refractivity contribution in [2.45, 2.75) is 25.6 Å². The number of fused-ring (bicyclic) bond motifs is 1. The Bertz CT molecular complexity index is 724. The lowest BCUT2D eigenvalue weighted by Gasteiger charge is -2.20. The second-order valence-electron chi connectivity index (χ2n) is 5.20. The highest BCUT2D eigenvalue weighted by atomic mass is 19.4. The highest BCUT2D eigenvalue weighted by Gasteiger charge is 2.32. The minimum atomic E-state index is -4.42. The number of hydrogen-bond acceptors (Lipinski definition) is 3. The van der Waals surface area contributed by atoms with Gasteiger partial charge in [-0.1, -0.05) is 12.1 Å². The van der Waals surface area contributed by atoms with Gasteiger partial charge in [-0.2, -0.15) is 13.2 Å². The molecule has 2 heterocycles. The maximum Gasteiger partial charge on any atom is 0.416 e. The van der Waals surface area contributed by atoms with Crippen LogP contribution in [0, 0.1) is 5.92 Å². The number of carbonyl (C=O) groups is 1. The maximum atomic E-state index is 12.8. The molecule has 5 nitrogen and oxygen atoms in total. The zero-order valence-electron chi connectivity index (χ0n) is 11.3. The summed E-state index contributed by atoms with van der Waals surface area (Å²) in [6.07, 6.45) is -3.78. The van der Waals surface area contributed by atoms with Gasteiger partial charge in [0.15, 0.2) is 5.82 Å². The highest BCUT2D eigenvalue weighted by molar-refractivity contribution is 5.70. The number of halogens is 3. The molecule has 1 aromatic carbocycles. The van der Waals surface area contributed by atoms with Crippen LogP contribution in [0.1, 0.15) is 17.8 Å². The van der Waals surface area contributed by atoms with E-state index in [0.29, 0.717) is 30.2 Å². The first-order chi connectivity index (χ1) is 10.4. The van der Waals surface area contributed by atoms with Crippen molar-refractivity contribution < 1.29 is 23.1 Å². The van der Waals surface area contributed by atoms with Gasteiger partial charge in [0.2, 0.25) is 0 Å². The number of nitrogens with zero attached hydrogens (tertiary/aromatic N) is 3. The van der Waals surface area contributed by atoms with Gasteiger partial charge >= 0.3 is 12.1 Å². The molecule has 1 aliphatic heterocycles. The van der Waals surface area contributed by atoms with E-state index in [-0.39, 0.29) is 6.42 Å². The Labute approximate surface area is 123 Å². The summed E-state index contributed by atoms with van der Waals surface area (Å²) in [5.41, 5.74) is -0.427. The molecule has 1 aliphatic rings. The van der Waals surface area contributed by atoms with Gasteiger partial charge in [0, 0.05) is 18.5 Å². The molecule has 1 unspecified atom stereocenters. The van der Waals surface area contributed by atoms with Gasteiger partial charge in [-0.15, -0.1) is 10.2 Å². The molecule has 1 aromatic heterocycles. The third-order valence-corrected chi connectivity index (χ3v) is 3.75. The molecule has 0 bridgehead atoms. The van der Waals surface area contributed by atoms with Gasteiger partial charge in [0.05, 0.1) is 11.5 Å². The predicted octanol–water partition coefficient (Wildman–Crippen LogP) is 2.61. The van der Waals surface area contributed by atoms with Crippen LogP contribution in [0.15, 0.2) is 24.3 Å². The van der Waals surface area contributed by atoms with Crippen molar-refractivity contribution in [1.82, 2.24) is 14.8 Å². The van der Waals surface area contributed by atoms with Crippen LogP contribution >= 0.6 is 0 Å². The number of benzene rings is 1. The van der Waals surface area contributed by atoms with E-state index in [1.165, 1.54) is 12.1 Å². The molecule has 0 aliphatic carbocycles. The number of rotatable bonds is 2. The van der Waals surface area contributed by atoms with Gasteiger partial charge in [0.25, 0.3) is 0 Å². The molecular formula is C14H12F3N3O2. The average molecular weight is 311 g/mol. The lowest BCUT2D eigenvalue weighted by Crippen LogP contribution is -2.26. The summed E-state index contributed by atoms with van der Waals surface area (Å²) in [5, 5.41) is 16.9. The van der Waals surface area contributed by atoms with E-state index in [9.17, 15) is 18.0 Å². The van der Waals surface area contributed by atoms with E-state index >= 15 is 0 Å². The summed E-state index contributed by atoms with van der Waals surface area (Å²) in [6.45, 7) is 0.380. The maximum absolute atomic E-state index is 12.8. The van der Waals surface area contributed by atoms with Crippen molar-refractivity contribution >= 4 is 5.97 Å². The third-order valence-electron chi connectivity index (χ3n) is 3.75. The highest BCUT2D eigenvalue weighted by Crippen LogP contribution is 2.32. The van der Waals surface area contributed by atoms with E-state index in [2.05, 4.69) is 10.2 Å². The lowest BCUT2D eigenvalue weighted by atomic mass is 9.98. The second-order valence-corrected chi connectivity index (χ2v) is 5.20. The first-order valence-corrected chi connectivity index (χ1v) is 6.69. The molecule has 1 atom stereocenters. The van der Waals surface area contributed by atoms with Crippen molar-refractivity contribution in [3.63, 3.8) is 0 Å². The van der Waals surface area contributed by atoms with Gasteiger partial charge in [-0.3, -0.25) is 4.79 Å². The Hall–Kier alpha value is -2.38. The van der Waals surface area contributed by atoms with Crippen molar-refractivity contribution in [3.05, 3.63) is 35.7 Å². The number of aromatic nitrogens is 3. The first-order valence-electron chi connectivity index (χ1n) is 6.69. The fourth-order valence-corrected chi connectivity index (χ4v) is 2.59. The molecule has 0 radical (unpaired) electrons. The molecule has 22 heavy (non-hydrogen) atoms. The van der Waals surface area contributed by atoms with Gasteiger partial charge < -0.3 is 9.67 Å². The zero-order valence-corrected chi connectivity index (χ0v) is 11.3. The van der Waals surface area contributed by atoms with Crippen molar-refractivity contribution in [2.24, 2.45) is 5.92 Å². The molecule has 0 saturated heterocycles. The quantitative estimate of drug-likeness (QED) is 0.925. The van der Waals surface area contributed by atoms with Gasteiger partial charge in [-0.25, -0.2) is 0 Å². The van der Waals surface area contributed by atoms with Crippen LogP contribution in [0.5, 0.6) is 0 Å². The second kappa shape index (κ2) is 5.11. The SMILES string of the molecule is O=C(O)C1CCn2c(nnc2-c2cccc(C(F)(F)F)c2)C1. The Morgan fingerprint density at radius 3 is 2.77 bits per heavy atom. The van der Waals surface area contributed by atoms with Crippen molar-refractivity contribution in [3.8, 4) is 11.4 Å². The average Bonchev–Trinajstić information content (AvgIpc) is 2.89. The third kappa shape index (κ3) is 2.56. The van der Waals surface area contributed by atoms with Crippen LogP contribution in [0.4, 0.5) is 13.2 Å². The Kier molecular flexibility index (Phi) is 3.38. The predicted molar refractivity (Wildman–Crippen MR) is 69.9 cm³/mol. The first kappa shape index (κ1) is 14.6. The molecule has 1 N–H and O–H groups in total. The molecular weight excluding hydrogens is 299 g/mol. The van der Waals surface area contributed by atoms with E-state index in [0.717, 1.165) is 12.1 Å². The van der Waals surface area contributed by atoms with Crippen LogP contribution < -0.4 is 0 Å². The van der Waals surface area contributed by atoms with E-state index in [4.69, 9.17) is 5.11 Å². The molecule has 0 fully saturated rings. The summed E-state index contributed by atoms with van der Waals surface area (Å²) in [4.78, 5) is 11.0. The largest absolute Gasteiger partial charge is 0.481 e. The Morgan fingerprint density at radius 1 is 1.32 bits per heavy atom.